The molecule has 0 fully saturated rings. The van der Waals surface area contributed by atoms with Gasteiger partial charge < -0.3 is 10.1 Å². The maximum atomic E-state index is 12.5. The van der Waals surface area contributed by atoms with Crippen LogP contribution in [0.25, 0.3) is 11.1 Å². The number of benzene rings is 3. The van der Waals surface area contributed by atoms with Gasteiger partial charge in [-0.25, -0.2) is 4.79 Å². The predicted molar refractivity (Wildman–Crippen MR) is 102 cm³/mol. The van der Waals surface area contributed by atoms with Crippen LogP contribution in [0.2, 0.25) is 0 Å². The van der Waals surface area contributed by atoms with E-state index in [1.165, 1.54) is 0 Å². The molecule has 0 bridgehead atoms. The van der Waals surface area contributed by atoms with E-state index in [1.807, 2.05) is 48.5 Å². The lowest BCUT2D eigenvalue weighted by Crippen LogP contribution is -2.13. The van der Waals surface area contributed by atoms with E-state index in [-0.39, 0.29) is 11.9 Å². The average Bonchev–Trinajstić information content (AvgIpc) is 2.69. The second-order valence-corrected chi connectivity index (χ2v) is 5.67. The minimum absolute atomic E-state index is 0.202. The summed E-state index contributed by atoms with van der Waals surface area (Å²) in [5.74, 6) is -0.586. The van der Waals surface area contributed by atoms with E-state index < -0.39 is 0 Å². The van der Waals surface area contributed by atoms with Crippen molar-refractivity contribution in [2.45, 2.75) is 6.92 Å². The van der Waals surface area contributed by atoms with Crippen LogP contribution >= 0.6 is 0 Å². The topological polar surface area (TPSA) is 55.4 Å². The van der Waals surface area contributed by atoms with Crippen LogP contribution < -0.4 is 5.32 Å². The Morgan fingerprint density at radius 3 is 2.15 bits per heavy atom. The van der Waals surface area contributed by atoms with Crippen LogP contribution in [0.1, 0.15) is 27.6 Å². The summed E-state index contributed by atoms with van der Waals surface area (Å²) < 4.78 is 5.08. The quantitative estimate of drug-likeness (QED) is 0.677. The number of ether oxygens (including phenoxy) is 1. The summed E-state index contributed by atoms with van der Waals surface area (Å²) in [6, 6.07) is 23.7. The molecule has 130 valence electrons. The molecule has 26 heavy (non-hydrogen) atoms. The third-order valence-electron chi connectivity index (χ3n) is 3.90. The first-order valence-corrected chi connectivity index (χ1v) is 8.42. The van der Waals surface area contributed by atoms with Crippen molar-refractivity contribution in [3.8, 4) is 11.1 Å². The van der Waals surface area contributed by atoms with Gasteiger partial charge in [0.2, 0.25) is 0 Å². The number of carbonyl (C=O) groups excluding carboxylic acids is 2. The van der Waals surface area contributed by atoms with Crippen molar-refractivity contribution in [2.24, 2.45) is 0 Å². The van der Waals surface area contributed by atoms with Crippen molar-refractivity contribution >= 4 is 17.6 Å². The molecule has 0 aromatic heterocycles. The van der Waals surface area contributed by atoms with Crippen LogP contribution in [0.15, 0.2) is 78.9 Å². The summed E-state index contributed by atoms with van der Waals surface area (Å²) in [6.07, 6.45) is 0. The van der Waals surface area contributed by atoms with Gasteiger partial charge in [0.05, 0.1) is 12.2 Å². The van der Waals surface area contributed by atoms with Crippen molar-refractivity contribution in [1.82, 2.24) is 0 Å². The molecule has 4 nitrogen and oxygen atoms in total. The normalized spacial score (nSPS) is 10.2. The summed E-state index contributed by atoms with van der Waals surface area (Å²) in [5.41, 5.74) is 3.32. The summed E-state index contributed by atoms with van der Waals surface area (Å²) >= 11 is 0. The Hall–Kier alpha value is -3.40. The van der Waals surface area contributed by atoms with Crippen LogP contribution in [0.3, 0.4) is 0 Å². The van der Waals surface area contributed by atoms with E-state index in [4.69, 9.17) is 4.74 Å². The molecule has 3 aromatic carbocycles. The molecule has 0 saturated carbocycles. The van der Waals surface area contributed by atoms with E-state index in [9.17, 15) is 9.59 Å². The Morgan fingerprint density at radius 2 is 1.50 bits per heavy atom. The van der Waals surface area contributed by atoms with E-state index in [0.29, 0.717) is 23.4 Å². The van der Waals surface area contributed by atoms with Crippen LogP contribution in [0.5, 0.6) is 0 Å². The Bertz CT molecular complexity index is 905. The third-order valence-corrected chi connectivity index (χ3v) is 3.90. The first-order valence-electron chi connectivity index (χ1n) is 8.42. The molecule has 3 aromatic rings. The summed E-state index contributed by atoms with van der Waals surface area (Å²) in [5, 5.41) is 2.93. The number of hydrogen-bond donors (Lipinski definition) is 1. The van der Waals surface area contributed by atoms with Gasteiger partial charge in [-0.2, -0.15) is 0 Å². The van der Waals surface area contributed by atoms with Crippen molar-refractivity contribution in [1.29, 1.82) is 0 Å². The average molecular weight is 345 g/mol. The summed E-state index contributed by atoms with van der Waals surface area (Å²) in [7, 11) is 0. The van der Waals surface area contributed by atoms with Gasteiger partial charge in [0.25, 0.3) is 5.91 Å². The standard InChI is InChI=1S/C22H19NO3/c1-2-26-22(25)18-13-14-20(19(15-18)16-9-5-3-6-10-16)23-21(24)17-11-7-4-8-12-17/h3-15H,2H2,1H3,(H,23,24). The zero-order valence-electron chi connectivity index (χ0n) is 14.4. The fraction of sp³-hybridized carbons (Fsp3) is 0.0909. The second-order valence-electron chi connectivity index (χ2n) is 5.67. The molecular weight excluding hydrogens is 326 g/mol. The van der Waals surface area contributed by atoms with Gasteiger partial charge in [-0.05, 0) is 42.8 Å². The molecule has 0 aliphatic heterocycles. The number of hydrogen-bond acceptors (Lipinski definition) is 3. The highest BCUT2D eigenvalue weighted by molar-refractivity contribution is 6.07. The molecule has 0 unspecified atom stereocenters. The number of carbonyl (C=O) groups is 2. The Labute approximate surface area is 152 Å². The highest BCUT2D eigenvalue weighted by Crippen LogP contribution is 2.30. The molecular formula is C22H19NO3. The molecule has 3 rings (SSSR count). The molecule has 0 saturated heterocycles. The molecule has 0 aliphatic carbocycles. The first kappa shape index (κ1) is 17.4. The Morgan fingerprint density at radius 1 is 0.846 bits per heavy atom. The van der Waals surface area contributed by atoms with Gasteiger partial charge in [0.15, 0.2) is 0 Å². The maximum Gasteiger partial charge on any atom is 0.338 e. The van der Waals surface area contributed by atoms with Gasteiger partial charge in [0.1, 0.15) is 0 Å². The number of nitrogens with one attached hydrogen (secondary N) is 1. The van der Waals surface area contributed by atoms with Crippen molar-refractivity contribution < 1.29 is 14.3 Å². The maximum absolute atomic E-state index is 12.5. The minimum atomic E-state index is -0.384. The minimum Gasteiger partial charge on any atom is -0.462 e. The van der Waals surface area contributed by atoms with Gasteiger partial charge in [-0.3, -0.25) is 4.79 Å². The highest BCUT2D eigenvalue weighted by Gasteiger charge is 2.14. The van der Waals surface area contributed by atoms with Crippen LogP contribution in [-0.4, -0.2) is 18.5 Å². The zero-order chi connectivity index (χ0) is 18.4. The fourth-order valence-electron chi connectivity index (χ4n) is 2.64. The Kier molecular flexibility index (Phi) is 5.44. The van der Waals surface area contributed by atoms with Gasteiger partial charge in [-0.15, -0.1) is 0 Å². The van der Waals surface area contributed by atoms with Crippen molar-refractivity contribution in [2.75, 3.05) is 11.9 Å². The third kappa shape index (κ3) is 3.98. The SMILES string of the molecule is CCOC(=O)c1ccc(NC(=O)c2ccccc2)c(-c2ccccc2)c1. The van der Waals surface area contributed by atoms with Crippen molar-refractivity contribution in [3.63, 3.8) is 0 Å². The predicted octanol–water partition coefficient (Wildman–Crippen LogP) is 4.78. The number of amides is 1. The van der Waals surface area contributed by atoms with Crippen LogP contribution in [0, 0.1) is 0 Å². The second kappa shape index (κ2) is 8.12. The lowest BCUT2D eigenvalue weighted by molar-refractivity contribution is 0.0526. The van der Waals surface area contributed by atoms with Crippen LogP contribution in [-0.2, 0) is 4.74 Å². The molecule has 0 aliphatic rings. The van der Waals surface area contributed by atoms with E-state index in [1.54, 1.807) is 37.3 Å². The highest BCUT2D eigenvalue weighted by atomic mass is 16.5. The van der Waals surface area contributed by atoms with Crippen LogP contribution in [0.4, 0.5) is 5.69 Å². The molecule has 0 radical (unpaired) electrons. The van der Waals surface area contributed by atoms with Gasteiger partial charge in [-0.1, -0.05) is 48.5 Å². The largest absolute Gasteiger partial charge is 0.462 e. The molecule has 0 spiro atoms. The number of esters is 1. The number of anilines is 1. The smallest absolute Gasteiger partial charge is 0.338 e. The van der Waals surface area contributed by atoms with Gasteiger partial charge >= 0.3 is 5.97 Å². The van der Waals surface area contributed by atoms with Gasteiger partial charge in [0, 0.05) is 16.8 Å². The van der Waals surface area contributed by atoms with E-state index in [2.05, 4.69) is 5.32 Å². The molecule has 1 N–H and O–H groups in total. The first-order chi connectivity index (χ1) is 12.7. The van der Waals surface area contributed by atoms with E-state index in [0.717, 1.165) is 11.1 Å². The van der Waals surface area contributed by atoms with Crippen molar-refractivity contribution in [3.05, 3.63) is 90.0 Å². The lowest BCUT2D eigenvalue weighted by Gasteiger charge is -2.13. The lowest BCUT2D eigenvalue weighted by atomic mass is 10.0. The zero-order valence-corrected chi connectivity index (χ0v) is 14.4. The molecule has 1 amide bonds. The summed E-state index contributed by atoms with van der Waals surface area (Å²) in [4.78, 5) is 24.6. The monoisotopic (exact) mass is 345 g/mol. The molecule has 0 atom stereocenters. The molecule has 4 heteroatoms. The molecule has 0 heterocycles. The summed E-state index contributed by atoms with van der Waals surface area (Å²) in [6.45, 7) is 2.08. The number of rotatable bonds is 5. The van der Waals surface area contributed by atoms with E-state index >= 15 is 0 Å². The fourth-order valence-corrected chi connectivity index (χ4v) is 2.64. The Balaban J connectivity index is 1.98.